The van der Waals surface area contributed by atoms with E-state index in [0.29, 0.717) is 5.82 Å². The normalized spacial score (nSPS) is 31.3. The van der Waals surface area contributed by atoms with Gasteiger partial charge in [-0.3, -0.25) is 4.18 Å². The summed E-state index contributed by atoms with van der Waals surface area (Å²) in [5, 5.41) is 23.9. The first kappa shape index (κ1) is 26.8. The van der Waals surface area contributed by atoms with E-state index in [1.54, 1.807) is 34.6 Å². The third kappa shape index (κ3) is 5.89. The van der Waals surface area contributed by atoms with Crippen LogP contribution in [0.2, 0.25) is 0 Å². The first-order valence-corrected chi connectivity index (χ1v) is 11.9. The Morgan fingerprint density at radius 3 is 2.56 bits per heavy atom. The quantitative estimate of drug-likeness (QED) is 0.375. The van der Waals surface area contributed by atoms with Crippen LogP contribution in [0.15, 0.2) is 6.20 Å². The van der Waals surface area contributed by atoms with Crippen molar-refractivity contribution in [1.82, 2.24) is 9.55 Å². The van der Waals surface area contributed by atoms with Gasteiger partial charge in [-0.1, -0.05) is 0 Å². The van der Waals surface area contributed by atoms with E-state index in [0.717, 1.165) is 0 Å². The molecule has 15 nitrogen and oxygen atoms in total. The standard InChI is InChI=1S/C12H21NO8S.C6H9N3O3/c1-10(2)18-7-5-16-12(6-17-22(13,14)15)9(8(7)19-10)20-11(3,4)21-12;1-5-7-4-6(9(11)12)8(5)2-3-10/h7-9H,5-6H2,1-4H3,(H2,13,14,15);4,10H,2-3H2,1H3/t7-,8-,9+,12+;/m1./s1. The van der Waals surface area contributed by atoms with Crippen molar-refractivity contribution in [3.05, 3.63) is 22.1 Å². The van der Waals surface area contributed by atoms with E-state index >= 15 is 0 Å². The zero-order chi connectivity index (χ0) is 25.5. The average molecular weight is 511 g/mol. The summed E-state index contributed by atoms with van der Waals surface area (Å²) in [5.41, 5.74) is 0. The summed E-state index contributed by atoms with van der Waals surface area (Å²) in [7, 11) is -4.14. The second kappa shape index (κ2) is 9.36. The largest absolute Gasteiger partial charge is 0.392 e. The van der Waals surface area contributed by atoms with Gasteiger partial charge in [-0.25, -0.2) is 14.7 Å². The number of nitrogens with zero attached hydrogens (tertiary/aromatic N) is 3. The first-order chi connectivity index (χ1) is 15.6. The molecular weight excluding hydrogens is 480 g/mol. The minimum absolute atomic E-state index is 0.0819. The second-order valence-corrected chi connectivity index (χ2v) is 10.1. The summed E-state index contributed by atoms with van der Waals surface area (Å²) in [5.74, 6) is -2.73. The maximum Gasteiger partial charge on any atom is 0.342 e. The molecule has 0 bridgehead atoms. The Morgan fingerprint density at radius 1 is 1.29 bits per heavy atom. The van der Waals surface area contributed by atoms with Crippen LogP contribution in [0.5, 0.6) is 0 Å². The number of fused-ring (bicyclic) bond motifs is 3. The summed E-state index contributed by atoms with van der Waals surface area (Å²) in [6.07, 6.45) is -0.315. The fourth-order valence-corrected chi connectivity index (χ4v) is 4.42. The highest BCUT2D eigenvalue weighted by molar-refractivity contribution is 7.84. The van der Waals surface area contributed by atoms with Gasteiger partial charge >= 0.3 is 16.1 Å². The molecule has 0 aliphatic carbocycles. The predicted octanol–water partition coefficient (Wildman–Crippen LogP) is -0.303. The molecule has 0 amide bonds. The van der Waals surface area contributed by atoms with Crippen molar-refractivity contribution in [2.45, 2.75) is 76.8 Å². The number of aromatic nitrogens is 2. The zero-order valence-electron chi connectivity index (χ0n) is 19.5. The minimum Gasteiger partial charge on any atom is -0.392 e. The number of aryl methyl sites for hydroxylation is 1. The molecule has 0 spiro atoms. The number of aliphatic hydroxyl groups is 1. The molecule has 4 atom stereocenters. The fourth-order valence-electron chi connectivity index (χ4n) is 4.09. The lowest BCUT2D eigenvalue weighted by Crippen LogP contribution is -2.60. The van der Waals surface area contributed by atoms with Gasteiger partial charge in [0.2, 0.25) is 5.79 Å². The van der Waals surface area contributed by atoms with Gasteiger partial charge in [0.05, 0.1) is 13.2 Å². The molecule has 0 radical (unpaired) electrons. The van der Waals surface area contributed by atoms with Gasteiger partial charge < -0.3 is 38.9 Å². The number of hydrogen-bond acceptors (Lipinski definition) is 12. The number of aliphatic hydroxyl groups excluding tert-OH is 1. The lowest BCUT2D eigenvalue weighted by atomic mass is 9.98. The molecule has 4 heterocycles. The smallest absolute Gasteiger partial charge is 0.342 e. The van der Waals surface area contributed by atoms with Crippen LogP contribution in [-0.4, -0.2) is 83.5 Å². The molecule has 34 heavy (non-hydrogen) atoms. The minimum atomic E-state index is -4.14. The molecule has 3 aliphatic rings. The van der Waals surface area contributed by atoms with Gasteiger partial charge in [-0.05, 0) is 32.6 Å². The molecule has 3 aliphatic heterocycles. The lowest BCUT2D eigenvalue weighted by Gasteiger charge is -2.40. The van der Waals surface area contributed by atoms with Gasteiger partial charge in [0.1, 0.15) is 37.7 Å². The third-order valence-corrected chi connectivity index (χ3v) is 5.69. The maximum atomic E-state index is 11.1. The van der Waals surface area contributed by atoms with Crippen molar-refractivity contribution in [3.63, 3.8) is 0 Å². The Hall–Kier alpha value is -1.76. The van der Waals surface area contributed by atoms with Crippen molar-refractivity contribution in [2.24, 2.45) is 5.14 Å². The molecule has 3 N–H and O–H groups in total. The highest BCUT2D eigenvalue weighted by Gasteiger charge is 2.65. The van der Waals surface area contributed by atoms with E-state index in [2.05, 4.69) is 4.98 Å². The number of hydrogen-bond donors (Lipinski definition) is 2. The first-order valence-electron chi connectivity index (χ1n) is 10.4. The van der Waals surface area contributed by atoms with E-state index in [9.17, 15) is 18.5 Å². The van der Waals surface area contributed by atoms with Crippen molar-refractivity contribution >= 4 is 16.1 Å². The van der Waals surface area contributed by atoms with Crippen LogP contribution in [0.1, 0.15) is 33.5 Å². The predicted molar refractivity (Wildman–Crippen MR) is 112 cm³/mol. The summed E-state index contributed by atoms with van der Waals surface area (Å²) in [4.78, 5) is 13.6. The lowest BCUT2D eigenvalue weighted by molar-refractivity contribution is -0.392. The summed E-state index contributed by atoms with van der Waals surface area (Å²) in [6.45, 7) is 8.45. The number of nitro groups is 1. The third-order valence-electron chi connectivity index (χ3n) is 5.24. The van der Waals surface area contributed by atoms with Crippen LogP contribution in [0.4, 0.5) is 5.82 Å². The van der Waals surface area contributed by atoms with Crippen molar-refractivity contribution in [1.29, 1.82) is 0 Å². The zero-order valence-corrected chi connectivity index (χ0v) is 20.3. The van der Waals surface area contributed by atoms with Crippen LogP contribution in [-0.2, 0) is 44.7 Å². The van der Waals surface area contributed by atoms with Crippen LogP contribution in [0.25, 0.3) is 0 Å². The van der Waals surface area contributed by atoms with Gasteiger partial charge in [-0.15, -0.1) is 0 Å². The highest BCUT2D eigenvalue weighted by Crippen LogP contribution is 2.47. The molecule has 194 valence electrons. The monoisotopic (exact) mass is 510 g/mol. The van der Waals surface area contributed by atoms with Crippen LogP contribution in [0.3, 0.4) is 0 Å². The molecule has 1 aromatic heterocycles. The maximum absolute atomic E-state index is 11.1. The summed E-state index contributed by atoms with van der Waals surface area (Å²) >= 11 is 0. The van der Waals surface area contributed by atoms with E-state index in [1.807, 2.05) is 0 Å². The van der Waals surface area contributed by atoms with Gasteiger partial charge in [0.15, 0.2) is 17.4 Å². The molecule has 0 saturated carbocycles. The molecule has 0 unspecified atom stereocenters. The Balaban J connectivity index is 0.000000229. The Bertz CT molecular complexity index is 1010. The van der Waals surface area contributed by atoms with Crippen LogP contribution >= 0.6 is 0 Å². The molecule has 3 fully saturated rings. The number of rotatable bonds is 6. The molecule has 1 aromatic rings. The Morgan fingerprint density at radius 2 is 1.97 bits per heavy atom. The topological polar surface area (TPSA) is 197 Å². The van der Waals surface area contributed by atoms with Crippen LogP contribution in [0, 0.1) is 17.0 Å². The number of ether oxygens (including phenoxy) is 5. The second-order valence-electron chi connectivity index (χ2n) is 8.85. The van der Waals surface area contributed by atoms with Crippen molar-refractivity contribution < 1.29 is 46.3 Å². The number of imidazole rings is 1. The van der Waals surface area contributed by atoms with E-state index in [1.165, 1.54) is 10.8 Å². The van der Waals surface area contributed by atoms with Crippen molar-refractivity contribution in [3.8, 4) is 0 Å². The molecular formula is C18H30N4O11S. The fraction of sp³-hybridized carbons (Fsp3) is 0.833. The molecule has 3 saturated heterocycles. The number of nitrogens with two attached hydrogens (primary N) is 1. The summed E-state index contributed by atoms with van der Waals surface area (Å²) < 4.78 is 57.3. The van der Waals surface area contributed by atoms with E-state index in [-0.39, 0.29) is 31.7 Å². The van der Waals surface area contributed by atoms with Crippen molar-refractivity contribution in [2.75, 3.05) is 19.8 Å². The van der Waals surface area contributed by atoms with Gasteiger partial charge in [0, 0.05) is 6.92 Å². The SMILES string of the molecule is CC1(C)O[C@@H]2[C@@H](CO[C@@]3(COS(N)(=O)=O)OC(C)(C)O[C@@H]23)O1.Cc1ncc([N+](=O)[O-])n1CCO. The Labute approximate surface area is 196 Å². The van der Waals surface area contributed by atoms with E-state index < -0.39 is 51.4 Å². The molecule has 16 heteroatoms. The molecule has 4 rings (SSSR count). The average Bonchev–Trinajstić information content (AvgIpc) is 3.30. The summed E-state index contributed by atoms with van der Waals surface area (Å²) in [6, 6.07) is 0. The van der Waals surface area contributed by atoms with Gasteiger partial charge in [0.25, 0.3) is 0 Å². The Kier molecular flexibility index (Phi) is 7.39. The van der Waals surface area contributed by atoms with Gasteiger partial charge in [-0.2, -0.15) is 8.42 Å². The van der Waals surface area contributed by atoms with E-state index in [4.69, 9.17) is 38.1 Å². The highest BCUT2D eigenvalue weighted by atomic mass is 32.2. The van der Waals surface area contributed by atoms with Crippen LogP contribution < -0.4 is 5.14 Å². The molecule has 0 aromatic carbocycles.